The molecule has 1 radical (unpaired) electrons. The van der Waals surface area contributed by atoms with Crippen LogP contribution >= 0.6 is 0 Å². The number of ketones is 1. The third-order valence-corrected chi connectivity index (χ3v) is 3.17. The van der Waals surface area contributed by atoms with Gasteiger partial charge in [0.2, 0.25) is 0 Å². The molecule has 2 aromatic carbocycles. The molecule has 1 heterocycles. The van der Waals surface area contributed by atoms with E-state index in [0.717, 1.165) is 17.5 Å². The molecule has 0 aliphatic heterocycles. The Morgan fingerprint density at radius 3 is 2.46 bits per heavy atom. The van der Waals surface area contributed by atoms with E-state index in [9.17, 15) is 13.6 Å². The van der Waals surface area contributed by atoms with E-state index >= 15 is 0 Å². The molecule has 0 unspecified atom stereocenters. The van der Waals surface area contributed by atoms with E-state index in [-0.39, 0.29) is 37.2 Å². The fourth-order valence-electron chi connectivity index (χ4n) is 2.25. The molecule has 0 aliphatic rings. The number of halogens is 2. The van der Waals surface area contributed by atoms with Crippen molar-refractivity contribution in [2.24, 2.45) is 0 Å². The van der Waals surface area contributed by atoms with Gasteiger partial charge in [-0.1, -0.05) is 35.9 Å². The number of pyridine rings is 1. The summed E-state index contributed by atoms with van der Waals surface area (Å²) in [5, 5.41) is 9.27. The number of carbonyl (C=O) groups is 1. The summed E-state index contributed by atoms with van der Waals surface area (Å²) in [6, 6.07) is 13.8. The number of aliphatic hydroxyl groups is 1. The van der Waals surface area contributed by atoms with Crippen molar-refractivity contribution in [2.45, 2.75) is 13.8 Å². The minimum Gasteiger partial charge on any atom is -0.512 e. The number of allylic oxidation sites excluding steroid dienone is 2. The quantitative estimate of drug-likeness (QED) is 0.287. The Labute approximate surface area is 163 Å². The van der Waals surface area contributed by atoms with E-state index in [1.165, 1.54) is 19.9 Å². The van der Waals surface area contributed by atoms with Gasteiger partial charge in [-0.15, -0.1) is 17.7 Å². The number of carbonyl (C=O) groups excluding carboxylic acids is 1. The summed E-state index contributed by atoms with van der Waals surface area (Å²) >= 11 is 0. The van der Waals surface area contributed by atoms with Crippen LogP contribution in [-0.2, 0) is 24.9 Å². The molecule has 0 bridgehead atoms. The second-order valence-electron chi connectivity index (χ2n) is 5.32. The van der Waals surface area contributed by atoms with Crippen LogP contribution in [0.5, 0.6) is 0 Å². The number of benzene rings is 2. The van der Waals surface area contributed by atoms with Crippen LogP contribution in [0, 0.1) is 17.7 Å². The molecule has 137 valence electrons. The van der Waals surface area contributed by atoms with Gasteiger partial charge in [0.25, 0.3) is 0 Å². The van der Waals surface area contributed by atoms with Crippen molar-refractivity contribution < 1.29 is 38.8 Å². The monoisotopic (exact) mass is 533 g/mol. The minimum absolute atomic E-state index is 0. The molecular weight excluding hydrogens is 516 g/mol. The van der Waals surface area contributed by atoms with E-state index in [0.29, 0.717) is 11.1 Å². The van der Waals surface area contributed by atoms with Crippen LogP contribution in [0.15, 0.2) is 60.5 Å². The molecule has 0 saturated heterocycles. The number of nitrogens with zero attached hydrogens (tertiary/aromatic N) is 1. The van der Waals surface area contributed by atoms with Crippen molar-refractivity contribution in [2.75, 3.05) is 0 Å². The molecule has 1 N–H and O–H groups in total. The van der Waals surface area contributed by atoms with Crippen molar-refractivity contribution in [1.29, 1.82) is 0 Å². The van der Waals surface area contributed by atoms with E-state index in [1.807, 2.05) is 24.3 Å². The van der Waals surface area contributed by atoms with Gasteiger partial charge in [0, 0.05) is 49.5 Å². The van der Waals surface area contributed by atoms with Crippen LogP contribution < -0.4 is 0 Å². The Morgan fingerprint density at radius 2 is 1.88 bits per heavy atom. The summed E-state index contributed by atoms with van der Waals surface area (Å²) < 4.78 is 26.7. The number of rotatable bonds is 2. The van der Waals surface area contributed by atoms with Gasteiger partial charge in [0.1, 0.15) is 0 Å². The number of aromatic nitrogens is 1. The van der Waals surface area contributed by atoms with Gasteiger partial charge in [-0.25, -0.2) is 0 Å². The zero-order valence-corrected chi connectivity index (χ0v) is 16.5. The topological polar surface area (TPSA) is 50.2 Å². The third kappa shape index (κ3) is 5.83. The summed E-state index contributed by atoms with van der Waals surface area (Å²) in [7, 11) is 0. The number of hydrogen-bond donors (Lipinski definition) is 1. The van der Waals surface area contributed by atoms with Crippen LogP contribution in [0.4, 0.5) is 8.78 Å². The van der Waals surface area contributed by atoms with Gasteiger partial charge in [-0.2, -0.15) is 0 Å². The first kappa shape index (κ1) is 21.6. The second kappa shape index (κ2) is 9.90. The maximum atomic E-state index is 13.8. The first-order valence-electron chi connectivity index (χ1n) is 7.47. The average molecular weight is 533 g/mol. The van der Waals surface area contributed by atoms with E-state index < -0.39 is 11.6 Å². The molecule has 3 rings (SSSR count). The van der Waals surface area contributed by atoms with Crippen molar-refractivity contribution in [3.8, 4) is 11.1 Å². The molecular formula is C20H16F2IrNO2-. The van der Waals surface area contributed by atoms with Gasteiger partial charge in [0.05, 0.1) is 5.76 Å². The molecule has 3 nitrogen and oxygen atoms in total. The number of fused-ring (bicyclic) bond motifs is 1. The second-order valence-corrected chi connectivity index (χ2v) is 5.32. The van der Waals surface area contributed by atoms with Crippen molar-refractivity contribution in [1.82, 2.24) is 4.98 Å². The van der Waals surface area contributed by atoms with Crippen LogP contribution in [0.2, 0.25) is 0 Å². The fraction of sp³-hybridized carbons (Fsp3) is 0.100. The SMILES string of the molecule is CC(=O)/C=C(/C)O.Fc1c[c-]c(-c2cccc3cccnc23)c(F)c1.[Ir]. The Kier molecular flexibility index (Phi) is 8.23. The van der Waals surface area contributed by atoms with Crippen LogP contribution in [0.1, 0.15) is 13.8 Å². The summed E-state index contributed by atoms with van der Waals surface area (Å²) in [6.45, 7) is 2.85. The van der Waals surface area contributed by atoms with Crippen LogP contribution in [0.25, 0.3) is 22.0 Å². The molecule has 0 aliphatic carbocycles. The third-order valence-electron chi connectivity index (χ3n) is 3.17. The van der Waals surface area contributed by atoms with Gasteiger partial charge >= 0.3 is 0 Å². The zero-order valence-electron chi connectivity index (χ0n) is 14.1. The fourth-order valence-corrected chi connectivity index (χ4v) is 2.25. The molecule has 6 heteroatoms. The van der Waals surface area contributed by atoms with Crippen LogP contribution in [0.3, 0.4) is 0 Å². The number of hydrogen-bond acceptors (Lipinski definition) is 3. The molecule has 0 fully saturated rings. The van der Waals surface area contributed by atoms with Gasteiger partial charge in [0.15, 0.2) is 5.78 Å². The molecule has 26 heavy (non-hydrogen) atoms. The van der Waals surface area contributed by atoms with Crippen molar-refractivity contribution in [3.63, 3.8) is 0 Å². The Bertz CT molecular complexity index is 933. The standard InChI is InChI=1S/C15H8F2N.C5H8O2.Ir/c16-11-6-7-12(14(17)9-11)13-5-1-3-10-4-2-8-18-15(10)13;1-4(6)3-5(2)7;/h1-6,8-9H;3,6H,1-2H3;/q-1;;/b;4-3-;. The Balaban J connectivity index is 0.000000366. The smallest absolute Gasteiger partial charge is 0.155 e. The van der Waals surface area contributed by atoms with Gasteiger partial charge in [-0.3, -0.25) is 18.6 Å². The summed E-state index contributed by atoms with van der Waals surface area (Å²) in [4.78, 5) is 14.3. The maximum Gasteiger partial charge on any atom is 0.155 e. The molecule has 3 aromatic rings. The predicted octanol–water partition coefficient (Wildman–Crippen LogP) is 5.01. The molecule has 0 atom stereocenters. The Morgan fingerprint density at radius 1 is 1.19 bits per heavy atom. The number of para-hydroxylation sites is 1. The van der Waals surface area contributed by atoms with Crippen molar-refractivity contribution in [3.05, 3.63) is 78.2 Å². The summed E-state index contributed by atoms with van der Waals surface area (Å²) in [5.41, 5.74) is 1.54. The zero-order chi connectivity index (χ0) is 18.4. The Hall–Kier alpha value is -2.43. The molecule has 0 saturated carbocycles. The minimum atomic E-state index is -0.635. The largest absolute Gasteiger partial charge is 0.512 e. The molecule has 1 aromatic heterocycles. The van der Waals surface area contributed by atoms with Crippen molar-refractivity contribution >= 4 is 16.7 Å². The normalized spacial score (nSPS) is 10.5. The first-order chi connectivity index (χ1) is 11.9. The van der Waals surface area contributed by atoms with E-state index in [1.54, 1.807) is 12.3 Å². The van der Waals surface area contributed by atoms with Crippen LogP contribution in [-0.4, -0.2) is 15.9 Å². The van der Waals surface area contributed by atoms with Gasteiger partial charge < -0.3 is 5.11 Å². The molecule has 0 spiro atoms. The summed E-state index contributed by atoms with van der Waals surface area (Å²) in [5.74, 6) is -1.33. The van der Waals surface area contributed by atoms with E-state index in [2.05, 4.69) is 11.1 Å². The number of aliphatic hydroxyl groups excluding tert-OH is 1. The predicted molar refractivity (Wildman–Crippen MR) is 93.0 cm³/mol. The maximum absolute atomic E-state index is 13.8. The molecule has 0 amide bonds. The van der Waals surface area contributed by atoms with E-state index in [4.69, 9.17) is 5.11 Å². The van der Waals surface area contributed by atoms with Gasteiger partial charge in [-0.05, 0) is 25.3 Å². The first-order valence-corrected chi connectivity index (χ1v) is 7.47. The summed E-state index contributed by atoms with van der Waals surface area (Å²) in [6.07, 6.45) is 2.81. The average Bonchev–Trinajstić information content (AvgIpc) is 2.54.